The number of hydrogen-bond acceptors (Lipinski definition) is 2. The van der Waals surface area contributed by atoms with E-state index in [0.29, 0.717) is 0 Å². The van der Waals surface area contributed by atoms with Crippen LogP contribution in [0.3, 0.4) is 0 Å². The van der Waals surface area contributed by atoms with Gasteiger partial charge in [0, 0.05) is 20.2 Å². The van der Waals surface area contributed by atoms with Gasteiger partial charge in [0.05, 0.1) is 6.10 Å². The highest BCUT2D eigenvalue weighted by atomic mass is 16.5. The molecule has 0 saturated carbocycles. The van der Waals surface area contributed by atoms with Crippen LogP contribution in [0.25, 0.3) is 0 Å². The van der Waals surface area contributed by atoms with Gasteiger partial charge in [-0.15, -0.1) is 0 Å². The third kappa shape index (κ3) is 1.95. The van der Waals surface area contributed by atoms with Gasteiger partial charge in [-0.25, -0.2) is 0 Å². The van der Waals surface area contributed by atoms with E-state index in [2.05, 4.69) is 11.9 Å². The van der Waals surface area contributed by atoms with Crippen molar-refractivity contribution in [3.63, 3.8) is 0 Å². The molecule has 0 bridgehead atoms. The smallest absolute Gasteiger partial charge is 0.0992 e. The van der Waals surface area contributed by atoms with Crippen molar-refractivity contribution in [2.75, 3.05) is 27.2 Å². The summed E-state index contributed by atoms with van der Waals surface area (Å²) in [7, 11) is 3.91. The van der Waals surface area contributed by atoms with E-state index in [1.807, 2.05) is 0 Å². The Hall–Kier alpha value is -0.0800. The molecule has 0 amide bonds. The fourth-order valence-electron chi connectivity index (χ4n) is 1.07. The summed E-state index contributed by atoms with van der Waals surface area (Å²) in [6.45, 7) is 2.31. The first-order valence-corrected chi connectivity index (χ1v) is 3.40. The van der Waals surface area contributed by atoms with Gasteiger partial charge in [0.25, 0.3) is 0 Å². The van der Waals surface area contributed by atoms with E-state index in [0.717, 1.165) is 25.9 Å². The average Bonchev–Trinajstić information content (AvgIpc) is 1.90. The molecule has 0 aromatic rings. The number of piperidine rings is 1. The predicted octanol–water partition coefficient (Wildman–Crippen LogP) is 0.890. The predicted molar refractivity (Wildman–Crippen MR) is 37.0 cm³/mol. The van der Waals surface area contributed by atoms with Crippen molar-refractivity contribution in [3.05, 3.63) is 6.10 Å². The first kappa shape index (κ1) is 7.03. The average molecular weight is 128 g/mol. The minimum atomic E-state index is 1.12. The Morgan fingerprint density at radius 1 is 1.33 bits per heavy atom. The molecule has 0 N–H and O–H groups in total. The van der Waals surface area contributed by atoms with E-state index < -0.39 is 0 Å². The third-order valence-electron chi connectivity index (χ3n) is 1.83. The molecule has 1 rings (SSSR count). The van der Waals surface area contributed by atoms with Gasteiger partial charge in [-0.3, -0.25) is 0 Å². The molecule has 0 aromatic heterocycles. The summed E-state index contributed by atoms with van der Waals surface area (Å²) in [6, 6.07) is 0. The molecular formula is C7H14NO. The maximum atomic E-state index is 5.13. The molecule has 1 radical (unpaired) electrons. The van der Waals surface area contributed by atoms with E-state index in [-0.39, 0.29) is 0 Å². The topological polar surface area (TPSA) is 12.5 Å². The number of likely N-dealkylation sites (tertiary alicyclic amines) is 1. The summed E-state index contributed by atoms with van der Waals surface area (Å²) >= 11 is 0. The molecular weight excluding hydrogens is 114 g/mol. The second-order valence-corrected chi connectivity index (χ2v) is 2.55. The van der Waals surface area contributed by atoms with Gasteiger partial charge in [0.1, 0.15) is 0 Å². The van der Waals surface area contributed by atoms with Gasteiger partial charge in [-0.1, -0.05) is 0 Å². The van der Waals surface area contributed by atoms with Gasteiger partial charge in [0.2, 0.25) is 0 Å². The Morgan fingerprint density at radius 3 is 2.33 bits per heavy atom. The standard InChI is InChI=1S/C7H14NO/c1-8-5-3-7(9-2)4-6-8/h3-6H2,1-2H3. The number of hydrogen-bond donors (Lipinski definition) is 0. The Bertz CT molecular complexity index is 77.0. The quantitative estimate of drug-likeness (QED) is 0.520. The molecule has 1 aliphatic heterocycles. The van der Waals surface area contributed by atoms with Crippen LogP contribution >= 0.6 is 0 Å². The van der Waals surface area contributed by atoms with E-state index in [1.54, 1.807) is 7.11 Å². The molecule has 1 heterocycles. The largest absolute Gasteiger partial charge is 0.375 e. The van der Waals surface area contributed by atoms with Crippen LogP contribution in [-0.4, -0.2) is 32.1 Å². The second-order valence-electron chi connectivity index (χ2n) is 2.55. The maximum absolute atomic E-state index is 5.13. The highest BCUT2D eigenvalue weighted by Crippen LogP contribution is 2.17. The summed E-state index contributed by atoms with van der Waals surface area (Å²) in [5.74, 6) is 0. The lowest BCUT2D eigenvalue weighted by Gasteiger charge is -2.26. The summed E-state index contributed by atoms with van der Waals surface area (Å²) in [5.41, 5.74) is 0. The minimum Gasteiger partial charge on any atom is -0.375 e. The zero-order chi connectivity index (χ0) is 6.69. The number of rotatable bonds is 1. The van der Waals surface area contributed by atoms with Crippen LogP contribution in [0.15, 0.2) is 0 Å². The fourth-order valence-corrected chi connectivity index (χ4v) is 1.07. The molecule has 1 aliphatic rings. The summed E-state index contributed by atoms with van der Waals surface area (Å²) < 4.78 is 5.13. The Balaban J connectivity index is 2.18. The monoisotopic (exact) mass is 128 g/mol. The first-order valence-electron chi connectivity index (χ1n) is 3.40. The Kier molecular flexibility index (Phi) is 2.49. The van der Waals surface area contributed by atoms with Gasteiger partial charge in [-0.2, -0.15) is 0 Å². The maximum Gasteiger partial charge on any atom is 0.0992 e. The summed E-state index contributed by atoms with van der Waals surface area (Å²) in [5, 5.41) is 0. The van der Waals surface area contributed by atoms with Gasteiger partial charge in [-0.05, 0) is 19.9 Å². The molecule has 0 spiro atoms. The zero-order valence-corrected chi connectivity index (χ0v) is 6.18. The SMILES string of the molecule is CO[C]1CCN(C)CC1. The van der Waals surface area contributed by atoms with Crippen LogP contribution in [0.2, 0.25) is 0 Å². The normalized spacial score (nSPS) is 24.7. The van der Waals surface area contributed by atoms with Crippen molar-refractivity contribution in [1.82, 2.24) is 4.90 Å². The second kappa shape index (κ2) is 3.18. The van der Waals surface area contributed by atoms with Crippen LogP contribution in [0.4, 0.5) is 0 Å². The van der Waals surface area contributed by atoms with Crippen LogP contribution in [0, 0.1) is 6.10 Å². The highest BCUT2D eigenvalue weighted by molar-refractivity contribution is 4.84. The molecule has 1 saturated heterocycles. The van der Waals surface area contributed by atoms with E-state index in [1.165, 1.54) is 6.10 Å². The lowest BCUT2D eigenvalue weighted by atomic mass is 10.1. The Morgan fingerprint density at radius 2 is 1.89 bits per heavy atom. The molecule has 9 heavy (non-hydrogen) atoms. The van der Waals surface area contributed by atoms with E-state index in [4.69, 9.17) is 4.74 Å². The molecule has 2 heteroatoms. The van der Waals surface area contributed by atoms with Crippen LogP contribution in [0.1, 0.15) is 12.8 Å². The molecule has 0 aliphatic carbocycles. The highest BCUT2D eigenvalue weighted by Gasteiger charge is 2.15. The first-order chi connectivity index (χ1) is 4.33. The van der Waals surface area contributed by atoms with Crippen LogP contribution < -0.4 is 0 Å². The Labute approximate surface area is 56.8 Å². The fraction of sp³-hybridized carbons (Fsp3) is 0.857. The summed E-state index contributed by atoms with van der Waals surface area (Å²) in [4.78, 5) is 2.32. The van der Waals surface area contributed by atoms with Crippen molar-refractivity contribution in [2.45, 2.75) is 12.8 Å². The van der Waals surface area contributed by atoms with Crippen molar-refractivity contribution in [1.29, 1.82) is 0 Å². The molecule has 0 aromatic carbocycles. The van der Waals surface area contributed by atoms with Crippen molar-refractivity contribution in [2.24, 2.45) is 0 Å². The van der Waals surface area contributed by atoms with E-state index in [9.17, 15) is 0 Å². The van der Waals surface area contributed by atoms with Crippen molar-refractivity contribution in [3.8, 4) is 0 Å². The zero-order valence-electron chi connectivity index (χ0n) is 6.18. The number of ether oxygens (including phenoxy) is 1. The number of nitrogens with zero attached hydrogens (tertiary/aromatic N) is 1. The van der Waals surface area contributed by atoms with Crippen molar-refractivity contribution < 1.29 is 4.74 Å². The van der Waals surface area contributed by atoms with Crippen LogP contribution in [0.5, 0.6) is 0 Å². The third-order valence-corrected chi connectivity index (χ3v) is 1.83. The lowest BCUT2D eigenvalue weighted by Crippen LogP contribution is -2.29. The van der Waals surface area contributed by atoms with Gasteiger partial charge in [0.15, 0.2) is 0 Å². The van der Waals surface area contributed by atoms with Crippen molar-refractivity contribution >= 4 is 0 Å². The van der Waals surface area contributed by atoms with E-state index >= 15 is 0 Å². The molecule has 0 atom stereocenters. The molecule has 0 unspecified atom stereocenters. The van der Waals surface area contributed by atoms with Crippen LogP contribution in [-0.2, 0) is 4.74 Å². The molecule has 2 nitrogen and oxygen atoms in total. The molecule has 1 fully saturated rings. The number of methoxy groups -OCH3 is 1. The minimum absolute atomic E-state index is 1.12. The summed E-state index contributed by atoms with van der Waals surface area (Å²) in [6.07, 6.45) is 3.49. The lowest BCUT2D eigenvalue weighted by molar-refractivity contribution is 0.133. The van der Waals surface area contributed by atoms with Gasteiger partial charge < -0.3 is 9.64 Å². The molecule has 53 valence electrons. The van der Waals surface area contributed by atoms with Gasteiger partial charge >= 0.3 is 0 Å².